The highest BCUT2D eigenvalue weighted by atomic mass is 32.1. The minimum Gasteiger partial charge on any atom is -0.480 e. The van der Waals surface area contributed by atoms with E-state index in [-0.39, 0.29) is 22.6 Å². The predicted octanol–water partition coefficient (Wildman–Crippen LogP) is 6.35. The Balaban J connectivity index is 1.72. The average Bonchev–Trinajstić information content (AvgIpc) is 3.27. The smallest absolute Gasteiger partial charge is 0.351 e. The van der Waals surface area contributed by atoms with Crippen LogP contribution in [0.1, 0.15) is 52.9 Å². The van der Waals surface area contributed by atoms with Gasteiger partial charge in [-0.25, -0.2) is 9.59 Å². The molecule has 0 radical (unpaired) electrons. The third-order valence-corrected chi connectivity index (χ3v) is 7.89. The van der Waals surface area contributed by atoms with Crippen molar-refractivity contribution in [3.63, 3.8) is 0 Å². The number of thiophene rings is 1. The number of nitrogens with zero attached hydrogens (tertiary/aromatic N) is 1. The molecule has 3 aromatic rings. The number of carbonyl (C=O) groups excluding carboxylic acids is 2. The van der Waals surface area contributed by atoms with E-state index in [1.807, 2.05) is 65.6 Å². The Morgan fingerprint density at radius 1 is 1.05 bits per heavy atom. The topological polar surface area (TPSA) is 93.1 Å². The van der Waals surface area contributed by atoms with Crippen molar-refractivity contribution in [2.45, 2.75) is 45.1 Å². The van der Waals surface area contributed by atoms with Crippen molar-refractivity contribution >= 4 is 40.9 Å². The Morgan fingerprint density at radius 3 is 2.47 bits per heavy atom. The van der Waals surface area contributed by atoms with Crippen molar-refractivity contribution in [2.75, 3.05) is 18.6 Å². The largest absolute Gasteiger partial charge is 0.480 e. The zero-order valence-corrected chi connectivity index (χ0v) is 22.3. The number of hydrogen-bond donors (Lipinski definition) is 1. The summed E-state index contributed by atoms with van der Waals surface area (Å²) in [6, 6.07) is 17.5. The van der Waals surface area contributed by atoms with Crippen molar-refractivity contribution < 1.29 is 29.0 Å². The van der Waals surface area contributed by atoms with E-state index in [4.69, 9.17) is 14.6 Å². The Morgan fingerprint density at radius 2 is 1.79 bits per heavy atom. The van der Waals surface area contributed by atoms with Crippen molar-refractivity contribution in [3.05, 3.63) is 76.7 Å². The molecule has 7 nitrogen and oxygen atoms in total. The summed E-state index contributed by atoms with van der Waals surface area (Å²) in [7, 11) is 1.27. The number of carbonyl (C=O) groups is 3. The summed E-state index contributed by atoms with van der Waals surface area (Å²) in [4.78, 5) is 40.0. The van der Waals surface area contributed by atoms with E-state index in [9.17, 15) is 14.4 Å². The molecule has 1 aromatic heterocycles. The van der Waals surface area contributed by atoms with Crippen molar-refractivity contribution in [3.8, 4) is 16.2 Å². The quantitative estimate of drug-likeness (QED) is 0.254. The lowest BCUT2D eigenvalue weighted by atomic mass is 9.93. The van der Waals surface area contributed by atoms with Crippen LogP contribution in [0.15, 0.2) is 60.7 Å². The van der Waals surface area contributed by atoms with E-state index < -0.39 is 18.5 Å². The maximum absolute atomic E-state index is 13.6. The van der Waals surface area contributed by atoms with Crippen LogP contribution in [0.3, 0.4) is 0 Å². The summed E-state index contributed by atoms with van der Waals surface area (Å²) in [5, 5.41) is 9.09. The molecule has 2 aromatic carbocycles. The lowest BCUT2D eigenvalue weighted by Crippen LogP contribution is -2.40. The van der Waals surface area contributed by atoms with Crippen LogP contribution in [-0.4, -0.2) is 42.7 Å². The zero-order chi connectivity index (χ0) is 27.1. The second kappa shape index (κ2) is 12.6. The molecule has 1 N–H and O–H groups in total. The van der Waals surface area contributed by atoms with Gasteiger partial charge in [0.1, 0.15) is 5.75 Å². The molecule has 0 unspecified atom stereocenters. The first-order valence-corrected chi connectivity index (χ1v) is 13.4. The Hall–Kier alpha value is -3.91. The molecule has 1 amide bonds. The number of rotatable bonds is 9. The van der Waals surface area contributed by atoms with Crippen LogP contribution < -0.4 is 9.64 Å². The minimum absolute atomic E-state index is 0.0819. The molecule has 1 aliphatic rings. The van der Waals surface area contributed by atoms with E-state index >= 15 is 0 Å². The van der Waals surface area contributed by atoms with Gasteiger partial charge < -0.3 is 19.5 Å². The molecule has 0 aliphatic heterocycles. The van der Waals surface area contributed by atoms with Crippen LogP contribution in [0.4, 0.5) is 5.69 Å². The van der Waals surface area contributed by atoms with Gasteiger partial charge in [-0.05, 0) is 49.1 Å². The third kappa shape index (κ3) is 6.31. The van der Waals surface area contributed by atoms with Gasteiger partial charge in [-0.1, -0.05) is 61.7 Å². The molecule has 198 valence electrons. The molecule has 1 saturated carbocycles. The van der Waals surface area contributed by atoms with Gasteiger partial charge in [0.05, 0.1) is 7.11 Å². The number of anilines is 1. The molecule has 1 fully saturated rings. The van der Waals surface area contributed by atoms with Gasteiger partial charge >= 0.3 is 11.9 Å². The maximum atomic E-state index is 13.6. The molecule has 4 rings (SSSR count). The van der Waals surface area contributed by atoms with E-state index in [2.05, 4.69) is 0 Å². The van der Waals surface area contributed by atoms with Gasteiger partial charge in [0.15, 0.2) is 11.5 Å². The fourth-order valence-corrected chi connectivity index (χ4v) is 5.94. The molecule has 0 saturated heterocycles. The fraction of sp³-hybridized carbons (Fsp3) is 0.300. The monoisotopic (exact) mass is 533 g/mol. The highest BCUT2D eigenvalue weighted by Crippen LogP contribution is 2.43. The van der Waals surface area contributed by atoms with E-state index in [1.54, 1.807) is 13.0 Å². The summed E-state index contributed by atoms with van der Waals surface area (Å²) < 4.78 is 10.4. The number of hydrogen-bond acceptors (Lipinski definition) is 6. The number of carboxylic acids is 1. The number of esters is 1. The fourth-order valence-electron chi connectivity index (χ4n) is 4.77. The second-order valence-corrected chi connectivity index (χ2v) is 10.2. The van der Waals surface area contributed by atoms with Crippen LogP contribution in [-0.2, 0) is 14.3 Å². The third-order valence-electron chi connectivity index (χ3n) is 6.58. The molecular weight excluding hydrogens is 502 g/mol. The lowest BCUT2D eigenvalue weighted by molar-refractivity contribution is -0.139. The lowest BCUT2D eigenvalue weighted by Gasteiger charge is -2.34. The number of aliphatic carboxylic acids is 1. The highest BCUT2D eigenvalue weighted by Gasteiger charge is 2.28. The highest BCUT2D eigenvalue weighted by molar-refractivity contribution is 7.18. The second-order valence-electron chi connectivity index (χ2n) is 9.18. The van der Waals surface area contributed by atoms with Crippen molar-refractivity contribution in [1.82, 2.24) is 0 Å². The molecule has 0 spiro atoms. The molecule has 1 heterocycles. The van der Waals surface area contributed by atoms with Crippen LogP contribution >= 0.6 is 11.3 Å². The Kier molecular flexibility index (Phi) is 8.97. The molecule has 0 atom stereocenters. The normalized spacial score (nSPS) is 13.8. The maximum Gasteiger partial charge on any atom is 0.351 e. The van der Waals surface area contributed by atoms with Gasteiger partial charge in [0.2, 0.25) is 0 Å². The Labute approximate surface area is 226 Å². The Bertz CT molecular complexity index is 1320. The molecule has 8 heteroatoms. The SMILES string of the molecule is COC(=O)c1sc(-c2cccc(N(C(=O)/C=C/c3ccccc3)C3CCCCC3)c2)c(C)c1OCC(=O)O. The number of amides is 1. The molecular formula is C30H31NO6S. The van der Waals surface area contributed by atoms with E-state index in [0.717, 1.165) is 47.4 Å². The summed E-state index contributed by atoms with van der Waals surface area (Å²) in [5.74, 6) is -1.61. The first kappa shape index (κ1) is 27.1. The molecule has 0 bridgehead atoms. The summed E-state index contributed by atoms with van der Waals surface area (Å²) in [6.45, 7) is 1.22. The minimum atomic E-state index is -1.14. The van der Waals surface area contributed by atoms with Gasteiger partial charge in [-0.15, -0.1) is 11.3 Å². The first-order valence-electron chi connectivity index (χ1n) is 12.6. The number of benzene rings is 2. The van der Waals surface area contributed by atoms with Crippen molar-refractivity contribution in [2.24, 2.45) is 0 Å². The number of carboxylic acid groups (broad SMARTS) is 1. The average molecular weight is 534 g/mol. The van der Waals surface area contributed by atoms with Crippen LogP contribution in [0.5, 0.6) is 5.75 Å². The van der Waals surface area contributed by atoms with Crippen molar-refractivity contribution in [1.29, 1.82) is 0 Å². The van der Waals surface area contributed by atoms with Gasteiger partial charge in [-0.3, -0.25) is 4.79 Å². The first-order chi connectivity index (χ1) is 18.4. The molecule has 1 aliphatic carbocycles. The van der Waals surface area contributed by atoms with Crippen LogP contribution in [0.25, 0.3) is 16.5 Å². The zero-order valence-electron chi connectivity index (χ0n) is 21.5. The number of methoxy groups -OCH3 is 1. The summed E-state index contributed by atoms with van der Waals surface area (Å²) in [6.07, 6.45) is 8.66. The predicted molar refractivity (Wildman–Crippen MR) is 149 cm³/mol. The standard InChI is InChI=1S/C30H31NO6S/c1-20-27(37-19-26(33)34)29(30(35)36-2)38-28(20)22-12-9-15-24(18-22)31(23-13-7-4-8-14-23)25(32)17-16-21-10-5-3-6-11-21/h3,5-6,9-12,15-18,23H,4,7-8,13-14,19H2,1-2H3,(H,33,34)/b17-16+. The number of ether oxygens (including phenoxy) is 2. The molecule has 38 heavy (non-hydrogen) atoms. The summed E-state index contributed by atoms with van der Waals surface area (Å²) in [5.41, 5.74) is 3.18. The van der Waals surface area contributed by atoms with Gasteiger partial charge in [-0.2, -0.15) is 0 Å². The van der Waals surface area contributed by atoms with E-state index in [1.165, 1.54) is 24.9 Å². The van der Waals surface area contributed by atoms with Crippen LogP contribution in [0, 0.1) is 6.92 Å². The van der Waals surface area contributed by atoms with E-state index in [0.29, 0.717) is 5.56 Å². The summed E-state index contributed by atoms with van der Waals surface area (Å²) >= 11 is 1.19. The van der Waals surface area contributed by atoms with Gasteiger partial charge in [0.25, 0.3) is 5.91 Å². The van der Waals surface area contributed by atoms with Crippen LogP contribution in [0.2, 0.25) is 0 Å². The van der Waals surface area contributed by atoms with Gasteiger partial charge in [0, 0.05) is 28.2 Å².